The van der Waals surface area contributed by atoms with Gasteiger partial charge in [-0.05, 0) is 87.0 Å². The minimum Gasteiger partial charge on any atom is -0.497 e. The van der Waals surface area contributed by atoms with Crippen LogP contribution >= 0.6 is 0 Å². The number of urea groups is 1. The Morgan fingerprint density at radius 3 is 2.59 bits per heavy atom. The topological polar surface area (TPSA) is 127 Å². The number of carbonyl (C=O) groups excluding carboxylic acids is 2. The molecule has 3 atom stereocenters. The molecule has 51 heavy (non-hydrogen) atoms. The first-order chi connectivity index (χ1) is 24.7. The number of hydrogen-bond acceptors (Lipinski definition) is 8. The van der Waals surface area contributed by atoms with Gasteiger partial charge in [-0.1, -0.05) is 31.4 Å². The van der Waals surface area contributed by atoms with Crippen LogP contribution in [-0.2, 0) is 24.3 Å². The summed E-state index contributed by atoms with van der Waals surface area (Å²) in [5.74, 6) is 1.43. The predicted molar refractivity (Wildman–Crippen MR) is 197 cm³/mol. The van der Waals surface area contributed by atoms with E-state index < -0.39 is 0 Å². The van der Waals surface area contributed by atoms with Crippen LogP contribution in [0.4, 0.5) is 10.5 Å². The maximum atomic E-state index is 14.2. The van der Waals surface area contributed by atoms with Crippen molar-refractivity contribution in [2.24, 2.45) is 5.92 Å². The number of hydrogen-bond donors (Lipinski definition) is 2. The molecule has 0 bridgehead atoms. The summed E-state index contributed by atoms with van der Waals surface area (Å²) in [6, 6.07) is 17.2. The summed E-state index contributed by atoms with van der Waals surface area (Å²) >= 11 is 0. The van der Waals surface area contributed by atoms with Crippen LogP contribution in [0.25, 0.3) is 11.3 Å². The van der Waals surface area contributed by atoms with Gasteiger partial charge in [0.05, 0.1) is 26.3 Å². The lowest BCUT2D eigenvalue weighted by molar-refractivity contribution is -0.133. The molecule has 2 aromatic heterocycles. The van der Waals surface area contributed by atoms with E-state index in [9.17, 15) is 9.59 Å². The number of likely N-dealkylation sites (N-methyl/N-ethyl adjacent to an activating group) is 1. The monoisotopic (exact) mass is 694 g/mol. The Kier molecular flexibility index (Phi) is 11.8. The highest BCUT2D eigenvalue weighted by Crippen LogP contribution is 2.30. The van der Waals surface area contributed by atoms with Crippen LogP contribution in [0.15, 0.2) is 73.2 Å². The largest absolute Gasteiger partial charge is 0.497 e. The molecule has 0 saturated heterocycles. The van der Waals surface area contributed by atoms with E-state index in [1.807, 2.05) is 65.7 Å². The Morgan fingerprint density at radius 1 is 1.08 bits per heavy atom. The molecule has 2 aromatic carbocycles. The molecule has 12 heteroatoms. The first kappa shape index (κ1) is 35.8. The van der Waals surface area contributed by atoms with Gasteiger partial charge in [0, 0.05) is 66.8 Å². The zero-order valence-corrected chi connectivity index (χ0v) is 30.1. The molecule has 1 aliphatic carbocycles. The van der Waals surface area contributed by atoms with Crippen LogP contribution in [0.2, 0.25) is 0 Å². The van der Waals surface area contributed by atoms with Crippen molar-refractivity contribution in [2.45, 2.75) is 83.6 Å². The van der Waals surface area contributed by atoms with Crippen LogP contribution in [0, 0.1) is 5.92 Å². The highest BCUT2D eigenvalue weighted by atomic mass is 16.5. The number of aromatic nitrogens is 4. The number of methoxy groups -OCH3 is 1. The second kappa shape index (κ2) is 16.8. The van der Waals surface area contributed by atoms with Gasteiger partial charge in [-0.25, -0.2) is 9.48 Å². The van der Waals surface area contributed by atoms with E-state index in [0.29, 0.717) is 31.1 Å². The molecular weight excluding hydrogens is 644 g/mol. The lowest BCUT2D eigenvalue weighted by Crippen LogP contribution is -2.47. The molecule has 3 amide bonds. The number of nitrogens with zero attached hydrogens (tertiary/aromatic N) is 6. The minimum absolute atomic E-state index is 0.00641. The van der Waals surface area contributed by atoms with Crippen molar-refractivity contribution >= 4 is 17.6 Å². The van der Waals surface area contributed by atoms with Crippen molar-refractivity contribution < 1.29 is 19.1 Å². The SMILES string of the molecule is COc1ccc(-c2cn(C[C@H](C)N3C[C@@H](C)[C@H](CN(C)Cc4ccncc4)Oc4ccc(NC(=O)NC5CCCCC5)cc4CC3=O)nn2)cc1. The summed E-state index contributed by atoms with van der Waals surface area (Å²) in [6.45, 7) is 6.57. The van der Waals surface area contributed by atoms with Crippen molar-refractivity contribution in [1.82, 2.24) is 35.1 Å². The first-order valence-corrected chi connectivity index (χ1v) is 18.0. The summed E-state index contributed by atoms with van der Waals surface area (Å²) in [6.07, 6.45) is 10.9. The molecule has 1 saturated carbocycles. The van der Waals surface area contributed by atoms with E-state index in [1.165, 1.54) is 6.42 Å². The van der Waals surface area contributed by atoms with E-state index in [-0.39, 0.29) is 42.5 Å². The fraction of sp³-hybridized carbons (Fsp3) is 0.462. The van der Waals surface area contributed by atoms with E-state index >= 15 is 0 Å². The van der Waals surface area contributed by atoms with Gasteiger partial charge in [0.1, 0.15) is 23.3 Å². The number of amides is 3. The zero-order chi connectivity index (χ0) is 35.7. The number of carbonyl (C=O) groups is 2. The van der Waals surface area contributed by atoms with Crippen LogP contribution < -0.4 is 20.1 Å². The summed E-state index contributed by atoms with van der Waals surface area (Å²) in [5.41, 5.74) is 4.22. The lowest BCUT2D eigenvalue weighted by atomic mass is 9.96. The Morgan fingerprint density at radius 2 is 1.84 bits per heavy atom. The standard InChI is InChI=1S/C39H50N8O4/c1-27-22-47(28(2)23-46-25-35(43-44-46)30-10-13-34(50-4)14-11-30)38(48)21-31-20-33(42-39(49)41-32-8-6-5-7-9-32)12-15-36(31)51-37(27)26-45(3)24-29-16-18-40-19-17-29/h10-20,25,27-28,32,37H,5-9,21-24,26H2,1-4H3,(H2,41,42,49)/t27-,28+,37+/m1/s1. The average Bonchev–Trinajstić information content (AvgIpc) is 3.61. The predicted octanol–water partition coefficient (Wildman–Crippen LogP) is 5.79. The number of benzene rings is 2. The molecule has 1 aliphatic heterocycles. The highest BCUT2D eigenvalue weighted by Gasteiger charge is 2.32. The highest BCUT2D eigenvalue weighted by molar-refractivity contribution is 5.90. The van der Waals surface area contributed by atoms with Crippen molar-refractivity contribution in [3.8, 4) is 22.8 Å². The van der Waals surface area contributed by atoms with Gasteiger partial charge in [0.25, 0.3) is 0 Å². The average molecular weight is 695 g/mol. The molecule has 2 N–H and O–H groups in total. The second-order valence-electron chi connectivity index (χ2n) is 14.1. The number of anilines is 1. The van der Waals surface area contributed by atoms with Gasteiger partial charge in [0.15, 0.2) is 0 Å². The number of ether oxygens (including phenoxy) is 2. The van der Waals surface area contributed by atoms with E-state index in [2.05, 4.69) is 51.7 Å². The maximum Gasteiger partial charge on any atom is 0.319 e. The van der Waals surface area contributed by atoms with Gasteiger partial charge >= 0.3 is 6.03 Å². The quantitative estimate of drug-likeness (QED) is 0.202. The third-order valence-corrected chi connectivity index (χ3v) is 9.92. The fourth-order valence-corrected chi connectivity index (χ4v) is 7.05. The van der Waals surface area contributed by atoms with E-state index in [4.69, 9.17) is 9.47 Å². The zero-order valence-electron chi connectivity index (χ0n) is 30.1. The molecular formula is C39H50N8O4. The number of pyridine rings is 1. The van der Waals surface area contributed by atoms with E-state index in [0.717, 1.165) is 60.4 Å². The summed E-state index contributed by atoms with van der Waals surface area (Å²) < 4.78 is 13.9. The van der Waals surface area contributed by atoms with Gasteiger partial charge in [-0.3, -0.25) is 14.7 Å². The maximum absolute atomic E-state index is 14.2. The number of fused-ring (bicyclic) bond motifs is 1. The van der Waals surface area contributed by atoms with Crippen molar-refractivity contribution in [3.05, 3.63) is 84.3 Å². The van der Waals surface area contributed by atoms with E-state index in [1.54, 1.807) is 24.2 Å². The Bertz CT molecular complexity index is 1740. The molecule has 0 spiro atoms. The molecule has 0 radical (unpaired) electrons. The van der Waals surface area contributed by atoms with Crippen molar-refractivity contribution in [2.75, 3.05) is 32.6 Å². The third kappa shape index (κ3) is 9.63. The van der Waals surface area contributed by atoms with Gasteiger partial charge < -0.3 is 25.0 Å². The number of rotatable bonds is 11. The Hall–Kier alpha value is -4.97. The molecule has 2 aliphatic rings. The van der Waals surface area contributed by atoms with Crippen LogP contribution in [0.1, 0.15) is 57.1 Å². The third-order valence-electron chi connectivity index (χ3n) is 9.92. The smallest absolute Gasteiger partial charge is 0.319 e. The van der Waals surface area contributed by atoms with Crippen LogP contribution in [0.5, 0.6) is 11.5 Å². The molecule has 4 aromatic rings. The summed E-state index contributed by atoms with van der Waals surface area (Å²) in [4.78, 5) is 35.5. The molecule has 3 heterocycles. The summed E-state index contributed by atoms with van der Waals surface area (Å²) in [5, 5.41) is 14.9. The van der Waals surface area contributed by atoms with Gasteiger partial charge in [-0.15, -0.1) is 5.10 Å². The lowest BCUT2D eigenvalue weighted by Gasteiger charge is -2.34. The van der Waals surface area contributed by atoms with Gasteiger partial charge in [-0.2, -0.15) is 0 Å². The molecule has 270 valence electrons. The van der Waals surface area contributed by atoms with Gasteiger partial charge in [0.2, 0.25) is 5.91 Å². The normalized spacial score (nSPS) is 18.9. The molecule has 0 unspecified atom stereocenters. The molecule has 6 rings (SSSR count). The molecule has 1 fully saturated rings. The van der Waals surface area contributed by atoms with Crippen LogP contribution in [0.3, 0.4) is 0 Å². The van der Waals surface area contributed by atoms with Crippen molar-refractivity contribution in [3.63, 3.8) is 0 Å². The number of nitrogens with one attached hydrogen (secondary N) is 2. The fourth-order valence-electron chi connectivity index (χ4n) is 7.05. The Labute approximate surface area is 300 Å². The minimum atomic E-state index is -0.224. The molecule has 12 nitrogen and oxygen atoms in total. The van der Waals surface area contributed by atoms with Crippen LogP contribution in [-0.4, -0.2) is 87.2 Å². The van der Waals surface area contributed by atoms with Crippen molar-refractivity contribution in [1.29, 1.82) is 0 Å². The Balaban J connectivity index is 1.21. The summed E-state index contributed by atoms with van der Waals surface area (Å²) in [7, 11) is 3.72. The second-order valence-corrected chi connectivity index (χ2v) is 14.1. The first-order valence-electron chi connectivity index (χ1n) is 18.0.